The molecule has 9 heteroatoms. The number of nitrogens with zero attached hydrogens (tertiary/aromatic N) is 8. The average molecular weight is 431 g/mol. The molecule has 0 amide bonds. The molecule has 158 valence electrons. The van der Waals surface area contributed by atoms with Crippen molar-refractivity contribution in [3.8, 4) is 39.9 Å². The first-order chi connectivity index (χ1) is 16.2. The number of nitrogens with one attached hydrogen (secondary N) is 1. The fraction of sp³-hybridized carbons (Fsp3) is 0.0417. The molecule has 6 aromatic rings. The number of hydrogen-bond donors (Lipinski definition) is 1. The van der Waals surface area contributed by atoms with Crippen molar-refractivity contribution in [2.45, 2.75) is 6.92 Å². The van der Waals surface area contributed by atoms with E-state index in [0.717, 1.165) is 33.4 Å². The second-order valence-electron chi connectivity index (χ2n) is 7.58. The fourth-order valence-corrected chi connectivity index (χ4v) is 3.67. The first-order valence-corrected chi connectivity index (χ1v) is 10.3. The fourth-order valence-electron chi connectivity index (χ4n) is 3.67. The number of aromatic amines is 1. The molecule has 0 spiro atoms. The van der Waals surface area contributed by atoms with E-state index in [2.05, 4.69) is 49.6 Å². The van der Waals surface area contributed by atoms with E-state index in [-0.39, 0.29) is 0 Å². The Morgan fingerprint density at radius 2 is 1.58 bits per heavy atom. The topological polar surface area (TPSA) is 111 Å². The van der Waals surface area contributed by atoms with Crippen molar-refractivity contribution < 1.29 is 0 Å². The van der Waals surface area contributed by atoms with Crippen LogP contribution in [0.2, 0.25) is 0 Å². The van der Waals surface area contributed by atoms with Crippen LogP contribution in [0.25, 0.3) is 50.9 Å². The second kappa shape index (κ2) is 7.72. The number of aryl methyl sites for hydroxylation is 1. The van der Waals surface area contributed by atoms with Crippen LogP contribution < -0.4 is 0 Å². The molecular weight excluding hydrogens is 414 g/mol. The highest BCUT2D eigenvalue weighted by atomic mass is 15.5. The van der Waals surface area contributed by atoms with Crippen molar-refractivity contribution in [3.05, 3.63) is 84.7 Å². The first kappa shape index (κ1) is 18.9. The molecule has 0 aliphatic carbocycles. The van der Waals surface area contributed by atoms with Crippen LogP contribution in [-0.2, 0) is 0 Å². The molecule has 0 saturated carbocycles. The molecule has 6 rings (SSSR count). The molecule has 0 bridgehead atoms. The van der Waals surface area contributed by atoms with Gasteiger partial charge in [0, 0.05) is 29.1 Å². The van der Waals surface area contributed by atoms with Crippen LogP contribution in [-0.4, -0.2) is 45.4 Å². The third-order valence-corrected chi connectivity index (χ3v) is 5.34. The summed E-state index contributed by atoms with van der Waals surface area (Å²) in [4.78, 5) is 13.7. The van der Waals surface area contributed by atoms with Gasteiger partial charge in [0.15, 0.2) is 11.6 Å². The molecular formula is C24H17N9. The van der Waals surface area contributed by atoms with Gasteiger partial charge in [0.1, 0.15) is 0 Å². The van der Waals surface area contributed by atoms with Crippen LogP contribution >= 0.6 is 0 Å². The maximum atomic E-state index is 4.91. The number of H-pyrrole nitrogens is 1. The van der Waals surface area contributed by atoms with Gasteiger partial charge in [-0.1, -0.05) is 42.0 Å². The third kappa shape index (κ3) is 3.51. The minimum absolute atomic E-state index is 0.512. The molecule has 0 aliphatic rings. The summed E-state index contributed by atoms with van der Waals surface area (Å²) in [7, 11) is 0. The van der Waals surface area contributed by atoms with E-state index >= 15 is 0 Å². The lowest BCUT2D eigenvalue weighted by Crippen LogP contribution is -2.00. The molecule has 0 saturated heterocycles. The van der Waals surface area contributed by atoms with Crippen molar-refractivity contribution >= 4 is 11.0 Å². The predicted octanol–water partition coefficient (Wildman–Crippen LogP) is 4.03. The molecule has 0 aliphatic heterocycles. The number of rotatable bonds is 4. The molecule has 9 nitrogen and oxygen atoms in total. The quantitative estimate of drug-likeness (QED) is 0.448. The van der Waals surface area contributed by atoms with Crippen molar-refractivity contribution in [1.82, 2.24) is 45.4 Å². The average Bonchev–Trinajstić information content (AvgIpc) is 3.55. The Kier molecular flexibility index (Phi) is 4.43. The summed E-state index contributed by atoms with van der Waals surface area (Å²) in [6.07, 6.45) is 3.37. The largest absolute Gasteiger partial charge is 0.253 e. The summed E-state index contributed by atoms with van der Waals surface area (Å²) >= 11 is 0. The molecule has 3 aromatic heterocycles. The number of tetrazole rings is 1. The molecule has 1 N–H and O–H groups in total. The summed E-state index contributed by atoms with van der Waals surface area (Å²) in [5.74, 6) is 1.84. The van der Waals surface area contributed by atoms with Crippen molar-refractivity contribution in [2.24, 2.45) is 0 Å². The number of aromatic nitrogens is 9. The maximum Gasteiger partial charge on any atom is 0.204 e. The van der Waals surface area contributed by atoms with Crippen molar-refractivity contribution in [1.29, 1.82) is 0 Å². The van der Waals surface area contributed by atoms with Crippen LogP contribution in [0.15, 0.2) is 79.1 Å². The maximum absolute atomic E-state index is 4.91. The van der Waals surface area contributed by atoms with Gasteiger partial charge in [-0.15, -0.1) is 15.3 Å². The lowest BCUT2D eigenvalue weighted by atomic mass is 10.1. The molecule has 0 atom stereocenters. The minimum atomic E-state index is 0.512. The minimum Gasteiger partial charge on any atom is -0.253 e. The van der Waals surface area contributed by atoms with Gasteiger partial charge in [0.25, 0.3) is 0 Å². The lowest BCUT2D eigenvalue weighted by molar-refractivity contribution is 0.881. The van der Waals surface area contributed by atoms with Gasteiger partial charge in [-0.3, -0.25) is 9.97 Å². The van der Waals surface area contributed by atoms with Crippen molar-refractivity contribution in [3.63, 3.8) is 0 Å². The smallest absolute Gasteiger partial charge is 0.204 e. The summed E-state index contributed by atoms with van der Waals surface area (Å²) < 4.78 is 1.83. The Morgan fingerprint density at radius 3 is 2.39 bits per heavy atom. The van der Waals surface area contributed by atoms with Gasteiger partial charge >= 0.3 is 0 Å². The van der Waals surface area contributed by atoms with Crippen LogP contribution in [0.4, 0.5) is 0 Å². The van der Waals surface area contributed by atoms with Gasteiger partial charge in [0.05, 0.1) is 16.7 Å². The summed E-state index contributed by atoms with van der Waals surface area (Å²) in [5.41, 5.74) is 6.28. The zero-order valence-corrected chi connectivity index (χ0v) is 17.6. The Balaban J connectivity index is 1.54. The van der Waals surface area contributed by atoms with Crippen LogP contribution in [0.5, 0.6) is 0 Å². The van der Waals surface area contributed by atoms with Gasteiger partial charge in [-0.05, 0) is 42.5 Å². The zero-order chi connectivity index (χ0) is 22.2. The Morgan fingerprint density at radius 1 is 0.758 bits per heavy atom. The highest BCUT2D eigenvalue weighted by Gasteiger charge is 2.17. The lowest BCUT2D eigenvalue weighted by Gasteiger charge is -2.07. The van der Waals surface area contributed by atoms with Crippen molar-refractivity contribution in [2.75, 3.05) is 0 Å². The first-order valence-electron chi connectivity index (χ1n) is 10.3. The molecule has 0 fully saturated rings. The summed E-state index contributed by atoms with van der Waals surface area (Å²) in [5, 5.41) is 19.2. The molecule has 33 heavy (non-hydrogen) atoms. The number of hydrogen-bond acceptors (Lipinski definition) is 7. The molecule has 3 heterocycles. The van der Waals surface area contributed by atoms with Gasteiger partial charge in [0.2, 0.25) is 5.82 Å². The summed E-state index contributed by atoms with van der Waals surface area (Å²) in [6, 6.07) is 21.9. The molecule has 3 aromatic carbocycles. The zero-order valence-electron chi connectivity index (χ0n) is 17.6. The van der Waals surface area contributed by atoms with E-state index in [1.807, 2.05) is 59.3 Å². The van der Waals surface area contributed by atoms with E-state index in [4.69, 9.17) is 10.1 Å². The molecule has 0 radical (unpaired) electrons. The number of benzene rings is 3. The van der Waals surface area contributed by atoms with E-state index in [1.165, 1.54) is 5.56 Å². The van der Waals surface area contributed by atoms with Crippen LogP contribution in [0, 0.1) is 6.92 Å². The highest BCUT2D eigenvalue weighted by molar-refractivity contribution is 5.80. The van der Waals surface area contributed by atoms with E-state index < -0.39 is 0 Å². The third-order valence-electron chi connectivity index (χ3n) is 5.34. The number of fused-ring (bicyclic) bond motifs is 1. The van der Waals surface area contributed by atoms with Crippen LogP contribution in [0.1, 0.15) is 5.56 Å². The highest BCUT2D eigenvalue weighted by Crippen LogP contribution is 2.28. The Hall–Kier alpha value is -4.79. The predicted molar refractivity (Wildman–Crippen MR) is 123 cm³/mol. The Bertz CT molecular complexity index is 1570. The van der Waals surface area contributed by atoms with E-state index in [0.29, 0.717) is 17.5 Å². The van der Waals surface area contributed by atoms with Crippen LogP contribution in [0.3, 0.4) is 0 Å². The standard InChI is InChI=1S/C24H17N9/c1-15-5-7-16(8-6-15)22-27-24(18-9-10-20-21(14-18)26-12-11-25-20)33(30-22)19-4-2-3-17(13-19)23-28-31-32-29-23/h2-14H,1H3,(H,28,29,31,32). The Labute approximate surface area is 188 Å². The second-order valence-corrected chi connectivity index (χ2v) is 7.58. The van der Waals surface area contributed by atoms with Gasteiger partial charge < -0.3 is 0 Å². The SMILES string of the molecule is Cc1ccc(-c2nc(-c3ccc4nccnc4c3)n(-c3cccc(-c4nn[nH]n4)c3)n2)cc1. The monoisotopic (exact) mass is 431 g/mol. The van der Waals surface area contributed by atoms with Gasteiger partial charge in [-0.25, -0.2) is 9.67 Å². The normalized spacial score (nSPS) is 11.2. The van der Waals surface area contributed by atoms with E-state index in [9.17, 15) is 0 Å². The summed E-state index contributed by atoms with van der Waals surface area (Å²) in [6.45, 7) is 2.06. The van der Waals surface area contributed by atoms with E-state index in [1.54, 1.807) is 12.4 Å². The molecule has 0 unspecified atom stereocenters. The van der Waals surface area contributed by atoms with Gasteiger partial charge in [-0.2, -0.15) is 5.21 Å².